The van der Waals surface area contributed by atoms with Gasteiger partial charge in [0.05, 0.1) is 5.97 Å². The fourth-order valence-electron chi connectivity index (χ4n) is 0.144. The molecule has 0 saturated heterocycles. The molecular formula is C3H10NO2P. The van der Waals surface area contributed by atoms with Crippen LogP contribution in [0, 0.1) is 0 Å². The van der Waals surface area contributed by atoms with Crippen LogP contribution < -0.4 is 10.4 Å². The van der Waals surface area contributed by atoms with Crippen LogP contribution in [0.3, 0.4) is 0 Å². The summed E-state index contributed by atoms with van der Waals surface area (Å²) in [5.41, 5.74) is 0. The summed E-state index contributed by atoms with van der Waals surface area (Å²) in [7, 11) is 1.55. The molecule has 0 aromatic carbocycles. The van der Waals surface area contributed by atoms with E-state index in [4.69, 9.17) is 0 Å². The minimum atomic E-state index is -1.07. The van der Waals surface area contributed by atoms with Crippen molar-refractivity contribution < 1.29 is 9.90 Å². The molecule has 0 aromatic heterocycles. The molecular weight excluding hydrogens is 113 g/mol. The van der Waals surface area contributed by atoms with Gasteiger partial charge in [-0.15, -0.1) is 0 Å². The van der Waals surface area contributed by atoms with Gasteiger partial charge in [0.25, 0.3) is 0 Å². The Morgan fingerprint density at radius 3 is 2.29 bits per heavy atom. The maximum absolute atomic E-state index is 9.43. The number of hydrogen-bond donors (Lipinski definition) is 1. The molecule has 0 spiro atoms. The minimum absolute atomic E-state index is 0. The summed E-state index contributed by atoms with van der Waals surface area (Å²) in [6, 6.07) is 0. The third-order valence-electron chi connectivity index (χ3n) is 0.321. The monoisotopic (exact) mass is 123 g/mol. The first kappa shape index (κ1) is 9.97. The van der Waals surface area contributed by atoms with E-state index in [2.05, 4.69) is 5.32 Å². The van der Waals surface area contributed by atoms with Gasteiger partial charge in [0.2, 0.25) is 0 Å². The van der Waals surface area contributed by atoms with Gasteiger partial charge < -0.3 is 15.2 Å². The van der Waals surface area contributed by atoms with Crippen LogP contribution in [-0.2, 0) is 4.79 Å². The fraction of sp³-hybridized carbons (Fsp3) is 0.667. The molecule has 3 nitrogen and oxygen atoms in total. The van der Waals surface area contributed by atoms with E-state index in [0.717, 1.165) is 0 Å². The van der Waals surface area contributed by atoms with Gasteiger partial charge in [-0.05, 0) is 16.9 Å². The maximum atomic E-state index is 9.43. The molecule has 1 unspecified atom stereocenters. The molecule has 0 aliphatic heterocycles. The Kier molecular flexibility index (Phi) is 8.35. The van der Waals surface area contributed by atoms with Gasteiger partial charge in [-0.2, -0.15) is 0 Å². The van der Waals surface area contributed by atoms with E-state index in [1.807, 2.05) is 0 Å². The highest BCUT2D eigenvalue weighted by atomic mass is 31.0. The Balaban J connectivity index is 0. The smallest absolute Gasteiger partial charge is 0.0552 e. The first-order valence-electron chi connectivity index (χ1n) is 1.62. The summed E-state index contributed by atoms with van der Waals surface area (Å²) in [6.45, 7) is -0.0694. The van der Waals surface area contributed by atoms with Gasteiger partial charge in [0.1, 0.15) is 0 Å². The fourth-order valence-corrected chi connectivity index (χ4v) is 0.144. The third kappa shape index (κ3) is 10.7. The number of rotatable bonds is 2. The number of carboxylic acid groups (broad SMARTS) is 1. The largest absolute Gasteiger partial charge is 0.549 e. The van der Waals surface area contributed by atoms with Crippen molar-refractivity contribution in [3.05, 3.63) is 0 Å². The van der Waals surface area contributed by atoms with Crippen LogP contribution >= 0.6 is 9.90 Å². The second kappa shape index (κ2) is 5.86. The molecule has 0 fully saturated rings. The highest BCUT2D eigenvalue weighted by Crippen LogP contribution is 1.43. The van der Waals surface area contributed by atoms with Crippen molar-refractivity contribution in [2.24, 2.45) is 0 Å². The van der Waals surface area contributed by atoms with Gasteiger partial charge in [-0.1, -0.05) is 0 Å². The van der Waals surface area contributed by atoms with Gasteiger partial charge in [0.15, 0.2) is 0 Å². The molecule has 0 aliphatic carbocycles. The van der Waals surface area contributed by atoms with Crippen LogP contribution in [-0.4, -0.2) is 19.6 Å². The molecule has 0 bridgehead atoms. The van der Waals surface area contributed by atoms with Crippen molar-refractivity contribution in [1.82, 2.24) is 5.32 Å². The molecule has 0 aromatic rings. The highest BCUT2D eigenvalue weighted by molar-refractivity contribution is 6.92. The SMILES string of the molecule is CNCC(=O)[O-].[PH4+]. The van der Waals surface area contributed by atoms with Crippen molar-refractivity contribution in [3.8, 4) is 0 Å². The Labute approximate surface area is 45.7 Å². The Morgan fingerprint density at radius 2 is 2.29 bits per heavy atom. The van der Waals surface area contributed by atoms with Crippen molar-refractivity contribution in [2.75, 3.05) is 13.6 Å². The molecule has 44 valence electrons. The van der Waals surface area contributed by atoms with Gasteiger partial charge in [0, 0.05) is 6.54 Å². The molecule has 1 atom stereocenters. The molecule has 7 heavy (non-hydrogen) atoms. The summed E-state index contributed by atoms with van der Waals surface area (Å²) in [6.07, 6.45) is 0. The highest BCUT2D eigenvalue weighted by Gasteiger charge is 1.72. The molecule has 0 heterocycles. The van der Waals surface area contributed by atoms with Crippen LogP contribution in [0.5, 0.6) is 0 Å². The zero-order valence-electron chi connectivity index (χ0n) is 4.52. The molecule has 0 saturated carbocycles. The Morgan fingerprint density at radius 1 is 1.86 bits per heavy atom. The third-order valence-corrected chi connectivity index (χ3v) is 0.321. The zero-order valence-corrected chi connectivity index (χ0v) is 6.52. The quantitative estimate of drug-likeness (QED) is 0.422. The number of hydrogen-bond acceptors (Lipinski definition) is 3. The first-order chi connectivity index (χ1) is 2.77. The lowest BCUT2D eigenvalue weighted by atomic mass is 10.7. The maximum Gasteiger partial charge on any atom is 0.0552 e. The van der Waals surface area contributed by atoms with E-state index >= 15 is 0 Å². The van der Waals surface area contributed by atoms with Gasteiger partial charge >= 0.3 is 0 Å². The summed E-state index contributed by atoms with van der Waals surface area (Å²) < 4.78 is 0. The minimum Gasteiger partial charge on any atom is -0.549 e. The Bertz CT molecular complexity index is 56.9. The van der Waals surface area contributed by atoms with E-state index < -0.39 is 5.97 Å². The predicted molar refractivity (Wildman–Crippen MR) is 31.4 cm³/mol. The average molecular weight is 123 g/mol. The average Bonchev–Trinajstić information content (AvgIpc) is 1.35. The summed E-state index contributed by atoms with van der Waals surface area (Å²) in [4.78, 5) is 9.43. The van der Waals surface area contributed by atoms with Crippen LogP contribution in [0.2, 0.25) is 0 Å². The van der Waals surface area contributed by atoms with Crippen molar-refractivity contribution >= 4 is 15.9 Å². The van der Waals surface area contributed by atoms with Crippen LogP contribution in [0.25, 0.3) is 0 Å². The number of likely N-dealkylation sites (N-methyl/N-ethyl adjacent to an activating group) is 1. The molecule has 0 radical (unpaired) electrons. The van der Waals surface area contributed by atoms with Crippen LogP contribution in [0.15, 0.2) is 0 Å². The lowest BCUT2D eigenvalue weighted by molar-refractivity contribution is -0.303. The molecule has 0 rings (SSSR count). The van der Waals surface area contributed by atoms with E-state index in [-0.39, 0.29) is 16.4 Å². The van der Waals surface area contributed by atoms with E-state index in [9.17, 15) is 9.90 Å². The standard InChI is InChI=1S/C3H7NO2.H3P/c1-4-2-3(5)6;/h4H,2H2,1H3,(H,5,6);1H3. The number of carbonyl (C=O) groups is 1. The van der Waals surface area contributed by atoms with E-state index in [0.29, 0.717) is 0 Å². The topological polar surface area (TPSA) is 52.2 Å². The first-order valence-corrected chi connectivity index (χ1v) is 1.62. The number of aliphatic carboxylic acids is 1. The van der Waals surface area contributed by atoms with E-state index in [1.54, 1.807) is 7.05 Å². The van der Waals surface area contributed by atoms with Gasteiger partial charge in [-0.25, -0.2) is 0 Å². The van der Waals surface area contributed by atoms with Crippen LogP contribution in [0.4, 0.5) is 0 Å². The number of nitrogens with one attached hydrogen (secondary N) is 1. The summed E-state index contributed by atoms with van der Waals surface area (Å²) in [5.74, 6) is -1.07. The van der Waals surface area contributed by atoms with Crippen LogP contribution in [0.1, 0.15) is 0 Å². The van der Waals surface area contributed by atoms with Crippen molar-refractivity contribution in [3.63, 3.8) is 0 Å². The summed E-state index contributed by atoms with van der Waals surface area (Å²) in [5, 5.41) is 11.8. The van der Waals surface area contributed by atoms with Crippen molar-refractivity contribution in [2.45, 2.75) is 0 Å². The predicted octanol–water partition coefficient (Wildman–Crippen LogP) is -2.25. The molecule has 4 heteroatoms. The molecule has 1 N–H and O–H groups in total. The zero-order chi connectivity index (χ0) is 4.99. The normalized spacial score (nSPS) is 7.00. The molecule has 0 amide bonds. The second-order valence-electron chi connectivity index (χ2n) is 0.902. The Hall–Kier alpha value is -0.140. The van der Waals surface area contributed by atoms with Crippen molar-refractivity contribution in [1.29, 1.82) is 0 Å². The van der Waals surface area contributed by atoms with E-state index in [1.165, 1.54) is 0 Å². The number of carbonyl (C=O) groups excluding carboxylic acids is 1. The number of carboxylic acids is 1. The summed E-state index contributed by atoms with van der Waals surface area (Å²) >= 11 is 0. The van der Waals surface area contributed by atoms with Gasteiger partial charge in [-0.3, -0.25) is 0 Å². The second-order valence-corrected chi connectivity index (χ2v) is 0.902. The lowest BCUT2D eigenvalue weighted by Crippen LogP contribution is -2.32. The molecule has 0 aliphatic rings. The lowest BCUT2D eigenvalue weighted by Gasteiger charge is -1.94.